The fourth-order valence-electron chi connectivity index (χ4n) is 3.88. The van der Waals surface area contributed by atoms with Crippen LogP contribution in [0, 0.1) is 0 Å². The molecule has 0 N–H and O–H groups in total. The number of benzene rings is 2. The van der Waals surface area contributed by atoms with Crippen molar-refractivity contribution in [1.29, 1.82) is 0 Å². The molecular formula is C25H22F3N3O5S. The number of fused-ring (bicyclic) bond motifs is 1. The van der Waals surface area contributed by atoms with Crippen molar-refractivity contribution in [3.05, 3.63) is 74.6 Å². The number of aromatic nitrogens is 3. The number of nitrogens with zero attached hydrogens (tertiary/aromatic N) is 3. The maximum Gasteiger partial charge on any atom is 0.431 e. The first-order valence-electron chi connectivity index (χ1n) is 11.1. The summed E-state index contributed by atoms with van der Waals surface area (Å²) in [6.07, 6.45) is -5.04. The molecule has 2 heterocycles. The third kappa shape index (κ3) is 4.88. The minimum Gasteiger partial charge on any atom is -0.478 e. The normalized spacial score (nSPS) is 12.5. The number of esters is 1. The van der Waals surface area contributed by atoms with E-state index in [4.69, 9.17) is 9.47 Å². The Hall–Kier alpha value is -3.93. The standard InChI is InChI=1S/C25H22F3N3O5S/c1-5-14-6-8-18(36-13(2)23(33)35-4)16(10-14)22-17-11-15(7-9-19(17)37-29-22)31-21(32)12-20(25(26,27)28)30(3)24(31)34/h6-13H,5H2,1-4H3. The summed E-state index contributed by atoms with van der Waals surface area (Å²) in [5.41, 5.74) is -1.47. The van der Waals surface area contributed by atoms with Crippen molar-refractivity contribution in [2.75, 3.05) is 7.11 Å². The smallest absolute Gasteiger partial charge is 0.431 e. The summed E-state index contributed by atoms with van der Waals surface area (Å²) >= 11 is 1.17. The van der Waals surface area contributed by atoms with Crippen molar-refractivity contribution >= 4 is 27.6 Å². The molecule has 0 aliphatic heterocycles. The molecule has 0 spiro atoms. The molecule has 2 aromatic carbocycles. The first kappa shape index (κ1) is 26.1. The summed E-state index contributed by atoms with van der Waals surface area (Å²) in [6.45, 7) is 3.52. The highest BCUT2D eigenvalue weighted by Crippen LogP contribution is 2.38. The molecule has 194 valence electrons. The van der Waals surface area contributed by atoms with Crippen LogP contribution >= 0.6 is 11.5 Å². The van der Waals surface area contributed by atoms with E-state index < -0.39 is 35.2 Å². The minimum atomic E-state index is -4.86. The van der Waals surface area contributed by atoms with Crippen LogP contribution in [-0.4, -0.2) is 32.7 Å². The summed E-state index contributed by atoms with van der Waals surface area (Å²) in [4.78, 5) is 37.3. The second kappa shape index (κ2) is 9.85. The SMILES string of the molecule is CCc1ccc(OC(C)C(=O)OC)c(-c2nsc3ccc(-n4c(=O)cc(C(F)(F)F)n(C)c4=O)cc23)c1. The Morgan fingerprint density at radius 3 is 2.51 bits per heavy atom. The molecule has 0 radical (unpaired) electrons. The van der Waals surface area contributed by atoms with Gasteiger partial charge in [-0.2, -0.15) is 17.5 Å². The first-order chi connectivity index (χ1) is 17.5. The van der Waals surface area contributed by atoms with E-state index in [1.54, 1.807) is 19.1 Å². The molecule has 4 aromatic rings. The molecule has 1 unspecified atom stereocenters. The van der Waals surface area contributed by atoms with Crippen molar-refractivity contribution < 1.29 is 27.4 Å². The molecule has 0 saturated heterocycles. The number of aryl methyl sites for hydroxylation is 1. The maximum atomic E-state index is 13.3. The summed E-state index contributed by atoms with van der Waals surface area (Å²) in [5, 5.41) is 0.556. The van der Waals surface area contributed by atoms with Crippen LogP contribution in [0.25, 0.3) is 27.0 Å². The van der Waals surface area contributed by atoms with E-state index in [0.29, 0.717) is 48.7 Å². The van der Waals surface area contributed by atoms with Crippen LogP contribution < -0.4 is 16.0 Å². The molecule has 2 aromatic heterocycles. The molecular weight excluding hydrogens is 511 g/mol. The van der Waals surface area contributed by atoms with Gasteiger partial charge in [-0.05, 0) is 60.8 Å². The maximum absolute atomic E-state index is 13.3. The van der Waals surface area contributed by atoms with E-state index in [9.17, 15) is 27.6 Å². The molecule has 0 saturated carbocycles. The summed E-state index contributed by atoms with van der Waals surface area (Å²) in [5.74, 6) is -0.191. The zero-order valence-corrected chi connectivity index (χ0v) is 21.1. The van der Waals surface area contributed by atoms with Crippen molar-refractivity contribution in [3.63, 3.8) is 0 Å². The molecule has 0 aliphatic carbocycles. The van der Waals surface area contributed by atoms with Gasteiger partial charge in [-0.1, -0.05) is 13.0 Å². The Balaban J connectivity index is 1.90. The fraction of sp³-hybridized carbons (Fsp3) is 0.280. The molecule has 12 heteroatoms. The van der Waals surface area contributed by atoms with Gasteiger partial charge in [0.2, 0.25) is 0 Å². The topological polar surface area (TPSA) is 92.4 Å². The van der Waals surface area contributed by atoms with Crippen molar-refractivity contribution in [1.82, 2.24) is 13.5 Å². The highest BCUT2D eigenvalue weighted by molar-refractivity contribution is 7.13. The number of hydrogen-bond acceptors (Lipinski definition) is 7. The van der Waals surface area contributed by atoms with Crippen LogP contribution in [0.3, 0.4) is 0 Å². The largest absolute Gasteiger partial charge is 0.478 e. The number of ether oxygens (including phenoxy) is 2. The minimum absolute atomic E-state index is 0.0883. The Bertz CT molecular complexity index is 1620. The van der Waals surface area contributed by atoms with Crippen molar-refractivity contribution in [2.24, 2.45) is 7.05 Å². The lowest BCUT2D eigenvalue weighted by Crippen LogP contribution is -2.40. The Morgan fingerprint density at radius 1 is 1.14 bits per heavy atom. The lowest BCUT2D eigenvalue weighted by Gasteiger charge is -2.16. The predicted octanol–water partition coefficient (Wildman–Crippen LogP) is 4.33. The zero-order valence-electron chi connectivity index (χ0n) is 20.3. The predicted molar refractivity (Wildman–Crippen MR) is 132 cm³/mol. The Morgan fingerprint density at radius 2 is 1.86 bits per heavy atom. The van der Waals surface area contributed by atoms with Crippen molar-refractivity contribution in [2.45, 2.75) is 32.5 Å². The lowest BCUT2D eigenvalue weighted by molar-refractivity contribution is -0.148. The second-order valence-corrected chi connectivity index (χ2v) is 9.03. The summed E-state index contributed by atoms with van der Waals surface area (Å²) in [7, 11) is 2.21. The van der Waals surface area contributed by atoms with Crippen LogP contribution in [0.2, 0.25) is 0 Å². The van der Waals surface area contributed by atoms with Crippen LogP contribution in [0.5, 0.6) is 5.75 Å². The van der Waals surface area contributed by atoms with Gasteiger partial charge in [0, 0.05) is 24.1 Å². The number of carbonyl (C=O) groups excluding carboxylic acids is 1. The average molecular weight is 534 g/mol. The van der Waals surface area contributed by atoms with E-state index >= 15 is 0 Å². The summed E-state index contributed by atoms with van der Waals surface area (Å²) in [6, 6.07) is 10.5. The molecule has 0 fully saturated rings. The summed E-state index contributed by atoms with van der Waals surface area (Å²) < 4.78 is 56.7. The van der Waals surface area contributed by atoms with E-state index in [1.165, 1.54) is 30.8 Å². The lowest BCUT2D eigenvalue weighted by atomic mass is 10.0. The van der Waals surface area contributed by atoms with Crippen LogP contribution in [0.15, 0.2) is 52.1 Å². The van der Waals surface area contributed by atoms with Gasteiger partial charge in [-0.3, -0.25) is 9.36 Å². The Labute approximate surface area is 212 Å². The van der Waals surface area contributed by atoms with E-state index in [2.05, 4.69) is 4.37 Å². The second-order valence-electron chi connectivity index (χ2n) is 8.22. The monoisotopic (exact) mass is 533 g/mol. The van der Waals surface area contributed by atoms with Crippen LogP contribution in [0.1, 0.15) is 25.1 Å². The third-order valence-corrected chi connectivity index (χ3v) is 6.69. The number of rotatable bonds is 6. The molecule has 0 aliphatic rings. The van der Waals surface area contributed by atoms with E-state index in [-0.39, 0.29) is 5.69 Å². The zero-order chi connectivity index (χ0) is 27.1. The van der Waals surface area contributed by atoms with Gasteiger partial charge in [0.1, 0.15) is 11.4 Å². The van der Waals surface area contributed by atoms with Gasteiger partial charge in [0.15, 0.2) is 6.10 Å². The molecule has 37 heavy (non-hydrogen) atoms. The molecule has 0 amide bonds. The van der Waals surface area contributed by atoms with Crippen molar-refractivity contribution in [3.8, 4) is 22.7 Å². The number of alkyl halides is 3. The van der Waals surface area contributed by atoms with Gasteiger partial charge < -0.3 is 9.47 Å². The highest BCUT2D eigenvalue weighted by Gasteiger charge is 2.35. The first-order valence-corrected chi connectivity index (χ1v) is 11.9. The number of hydrogen-bond donors (Lipinski definition) is 0. The van der Waals surface area contributed by atoms with E-state index in [0.717, 1.165) is 12.6 Å². The molecule has 8 nitrogen and oxygen atoms in total. The van der Waals surface area contributed by atoms with Gasteiger partial charge >= 0.3 is 17.8 Å². The van der Waals surface area contributed by atoms with Gasteiger partial charge in [0.25, 0.3) is 5.56 Å². The molecule has 1 atom stereocenters. The molecule has 0 bridgehead atoms. The highest BCUT2D eigenvalue weighted by atomic mass is 32.1. The number of methoxy groups -OCH3 is 1. The fourth-order valence-corrected chi connectivity index (χ4v) is 4.65. The Kier molecular flexibility index (Phi) is 6.96. The average Bonchev–Trinajstić information content (AvgIpc) is 3.28. The quantitative estimate of drug-likeness (QED) is 0.343. The number of halogens is 3. The van der Waals surface area contributed by atoms with Gasteiger partial charge in [-0.15, -0.1) is 0 Å². The third-order valence-electron chi connectivity index (χ3n) is 5.87. The van der Waals surface area contributed by atoms with Gasteiger partial charge in [0.05, 0.1) is 23.2 Å². The number of carbonyl (C=O) groups is 1. The van der Waals surface area contributed by atoms with Crippen LogP contribution in [-0.2, 0) is 29.2 Å². The van der Waals surface area contributed by atoms with Crippen LogP contribution in [0.4, 0.5) is 13.2 Å². The molecule has 4 rings (SSSR count). The van der Waals surface area contributed by atoms with E-state index in [1.807, 2.05) is 19.1 Å². The van der Waals surface area contributed by atoms with Gasteiger partial charge in [-0.25, -0.2) is 14.2 Å².